The van der Waals surface area contributed by atoms with Crippen molar-refractivity contribution in [2.75, 3.05) is 13.6 Å². The molecule has 5 nitrogen and oxygen atoms in total. The molecule has 48 valence electrons. The smallest absolute Gasteiger partial charge is 0.101 e. The van der Waals surface area contributed by atoms with Crippen LogP contribution in [0.15, 0.2) is 5.11 Å². The molecule has 0 fully saturated rings. The molecule has 0 aromatic rings. The van der Waals surface area contributed by atoms with Crippen molar-refractivity contribution in [1.82, 2.24) is 5.32 Å². The van der Waals surface area contributed by atoms with Crippen molar-refractivity contribution in [1.29, 1.82) is 5.26 Å². The van der Waals surface area contributed by atoms with Crippen molar-refractivity contribution < 1.29 is 0 Å². The molecule has 0 amide bonds. The molecule has 0 rings (SSSR count). The van der Waals surface area contributed by atoms with Crippen LogP contribution in [0.5, 0.6) is 0 Å². The van der Waals surface area contributed by atoms with E-state index in [0.717, 1.165) is 0 Å². The molecule has 1 unspecified atom stereocenters. The summed E-state index contributed by atoms with van der Waals surface area (Å²) in [5, 5.41) is 14.1. The first kappa shape index (κ1) is 7.76. The molecule has 5 heteroatoms. The molecule has 0 heterocycles. The SMILES string of the molecule is CNC(C#N)CN=[N+]=[N-]. The van der Waals surface area contributed by atoms with Gasteiger partial charge in [0.25, 0.3) is 0 Å². The van der Waals surface area contributed by atoms with Crippen LogP contribution in [-0.2, 0) is 0 Å². The number of nitrogens with zero attached hydrogens (tertiary/aromatic N) is 4. The Labute approximate surface area is 52.9 Å². The second-order valence-electron chi connectivity index (χ2n) is 1.38. The Bertz CT molecular complexity index is 151. The Morgan fingerprint density at radius 2 is 2.67 bits per heavy atom. The van der Waals surface area contributed by atoms with Crippen molar-refractivity contribution in [3.8, 4) is 6.07 Å². The van der Waals surface area contributed by atoms with E-state index in [1.807, 2.05) is 6.07 Å². The first-order chi connectivity index (χ1) is 4.35. The number of nitriles is 1. The highest BCUT2D eigenvalue weighted by atomic mass is 15.1. The number of hydrogen-bond acceptors (Lipinski definition) is 3. The second-order valence-corrected chi connectivity index (χ2v) is 1.38. The maximum absolute atomic E-state index is 8.26. The highest BCUT2D eigenvalue weighted by molar-refractivity contribution is 4.90. The van der Waals surface area contributed by atoms with Gasteiger partial charge in [0.1, 0.15) is 6.04 Å². The predicted molar refractivity (Wildman–Crippen MR) is 32.5 cm³/mol. The molecule has 0 spiro atoms. The summed E-state index contributed by atoms with van der Waals surface area (Å²) in [6, 6.07) is 1.55. The van der Waals surface area contributed by atoms with Crippen molar-refractivity contribution in [3.63, 3.8) is 0 Å². The lowest BCUT2D eigenvalue weighted by molar-refractivity contribution is 0.686. The van der Waals surface area contributed by atoms with Crippen molar-refractivity contribution >= 4 is 0 Å². The van der Waals surface area contributed by atoms with Crippen LogP contribution in [0.1, 0.15) is 0 Å². The zero-order chi connectivity index (χ0) is 7.11. The maximum atomic E-state index is 8.26. The van der Waals surface area contributed by atoms with Crippen LogP contribution in [0.25, 0.3) is 10.4 Å². The van der Waals surface area contributed by atoms with Gasteiger partial charge in [-0.25, -0.2) is 0 Å². The van der Waals surface area contributed by atoms with Gasteiger partial charge in [-0.05, 0) is 12.6 Å². The summed E-state index contributed by atoms with van der Waals surface area (Å²) >= 11 is 0. The molecule has 0 aromatic carbocycles. The zero-order valence-electron chi connectivity index (χ0n) is 5.07. The number of hydrogen-bond donors (Lipinski definition) is 1. The van der Waals surface area contributed by atoms with E-state index in [4.69, 9.17) is 10.8 Å². The minimum absolute atomic E-state index is 0.184. The fourth-order valence-electron chi connectivity index (χ4n) is 0.315. The van der Waals surface area contributed by atoms with Gasteiger partial charge in [-0.2, -0.15) is 5.26 Å². The zero-order valence-corrected chi connectivity index (χ0v) is 5.07. The summed E-state index contributed by atoms with van der Waals surface area (Å²) in [5.74, 6) is 0. The van der Waals surface area contributed by atoms with E-state index < -0.39 is 0 Å². The first-order valence-corrected chi connectivity index (χ1v) is 2.43. The number of nitrogens with one attached hydrogen (secondary N) is 1. The predicted octanol–water partition coefficient (Wildman–Crippen LogP) is 0.408. The van der Waals surface area contributed by atoms with Gasteiger partial charge in [0.05, 0.1) is 12.6 Å². The molecule has 0 aliphatic rings. The average molecular weight is 125 g/mol. The maximum Gasteiger partial charge on any atom is 0.101 e. The fourth-order valence-corrected chi connectivity index (χ4v) is 0.315. The van der Waals surface area contributed by atoms with Crippen LogP contribution in [0.2, 0.25) is 0 Å². The molecule has 9 heavy (non-hydrogen) atoms. The molecular weight excluding hydrogens is 118 g/mol. The summed E-state index contributed by atoms with van der Waals surface area (Å²) in [6.07, 6.45) is 0. The van der Waals surface area contributed by atoms with Crippen molar-refractivity contribution in [2.24, 2.45) is 5.11 Å². The molecule has 0 saturated carbocycles. The van der Waals surface area contributed by atoms with Gasteiger partial charge < -0.3 is 5.32 Å². The van der Waals surface area contributed by atoms with Gasteiger partial charge in [-0.3, -0.25) is 0 Å². The molecular formula is C4H7N5. The second kappa shape index (κ2) is 4.91. The molecule has 0 saturated heterocycles. The third kappa shape index (κ3) is 3.35. The molecule has 1 atom stereocenters. The summed E-state index contributed by atoms with van der Waals surface area (Å²) < 4.78 is 0. The molecule has 0 radical (unpaired) electrons. The molecule has 0 aliphatic heterocycles. The third-order valence-electron chi connectivity index (χ3n) is 0.832. The molecule has 0 bridgehead atoms. The summed E-state index contributed by atoms with van der Waals surface area (Å²) in [5.41, 5.74) is 7.83. The highest BCUT2D eigenvalue weighted by Gasteiger charge is 1.98. The fraction of sp³-hybridized carbons (Fsp3) is 0.750. The molecule has 1 N–H and O–H groups in total. The van der Waals surface area contributed by atoms with Crippen LogP contribution in [0.4, 0.5) is 0 Å². The lowest BCUT2D eigenvalue weighted by atomic mass is 10.3. The number of likely N-dealkylation sites (N-methyl/N-ethyl adjacent to an activating group) is 1. The highest BCUT2D eigenvalue weighted by Crippen LogP contribution is 1.80. The quantitative estimate of drug-likeness (QED) is 0.336. The van der Waals surface area contributed by atoms with E-state index >= 15 is 0 Å². The van der Waals surface area contributed by atoms with Crippen molar-refractivity contribution in [3.05, 3.63) is 10.4 Å². The summed E-state index contributed by atoms with van der Waals surface area (Å²) in [4.78, 5) is 2.51. The normalized spacial score (nSPS) is 11.1. The molecule has 0 aromatic heterocycles. The van der Waals surface area contributed by atoms with Gasteiger partial charge in [0.2, 0.25) is 0 Å². The lowest BCUT2D eigenvalue weighted by Crippen LogP contribution is -2.25. The largest absolute Gasteiger partial charge is 0.305 e. The summed E-state index contributed by atoms with van der Waals surface area (Å²) in [6.45, 7) is 0.184. The van der Waals surface area contributed by atoms with E-state index in [1.165, 1.54) is 0 Å². The monoisotopic (exact) mass is 125 g/mol. The standard InChI is InChI=1S/C4H7N5/c1-7-4(2-5)3-8-9-6/h4,7H,3H2,1H3. The van der Waals surface area contributed by atoms with Crippen molar-refractivity contribution in [2.45, 2.75) is 6.04 Å². The van der Waals surface area contributed by atoms with Crippen LogP contribution in [-0.4, -0.2) is 19.6 Å². The van der Waals surface area contributed by atoms with Gasteiger partial charge >= 0.3 is 0 Å². The van der Waals surface area contributed by atoms with Crippen LogP contribution in [0.3, 0.4) is 0 Å². The van der Waals surface area contributed by atoms with Gasteiger partial charge in [-0.15, -0.1) is 0 Å². The van der Waals surface area contributed by atoms with E-state index in [2.05, 4.69) is 15.3 Å². The Morgan fingerprint density at radius 1 is 2.00 bits per heavy atom. The van der Waals surface area contributed by atoms with Crippen LogP contribution in [0, 0.1) is 11.3 Å². The van der Waals surface area contributed by atoms with Gasteiger partial charge in [-0.1, -0.05) is 5.11 Å². The Hall–Kier alpha value is -1.24. The van der Waals surface area contributed by atoms with Gasteiger partial charge in [0.15, 0.2) is 0 Å². The Morgan fingerprint density at radius 3 is 3.00 bits per heavy atom. The Balaban J connectivity index is 3.59. The number of azide groups is 1. The third-order valence-corrected chi connectivity index (χ3v) is 0.832. The van der Waals surface area contributed by atoms with E-state index in [-0.39, 0.29) is 12.6 Å². The summed E-state index contributed by atoms with van der Waals surface area (Å²) in [7, 11) is 1.64. The minimum Gasteiger partial charge on any atom is -0.305 e. The number of rotatable bonds is 3. The van der Waals surface area contributed by atoms with Gasteiger partial charge in [0, 0.05) is 4.91 Å². The first-order valence-electron chi connectivity index (χ1n) is 2.43. The minimum atomic E-state index is -0.360. The molecule has 0 aliphatic carbocycles. The average Bonchev–Trinajstić information content (AvgIpc) is 1.91. The van der Waals surface area contributed by atoms with Crippen LogP contribution < -0.4 is 5.32 Å². The van der Waals surface area contributed by atoms with E-state index in [1.54, 1.807) is 7.05 Å². The topological polar surface area (TPSA) is 84.6 Å². The van der Waals surface area contributed by atoms with E-state index in [9.17, 15) is 0 Å². The Kier molecular flexibility index (Phi) is 4.23. The van der Waals surface area contributed by atoms with Crippen LogP contribution >= 0.6 is 0 Å². The lowest BCUT2D eigenvalue weighted by Gasteiger charge is -1.99. The van der Waals surface area contributed by atoms with E-state index in [0.29, 0.717) is 0 Å².